The molecule has 5 nitrogen and oxygen atoms in total. The summed E-state index contributed by atoms with van der Waals surface area (Å²) in [6, 6.07) is 4.42. The summed E-state index contributed by atoms with van der Waals surface area (Å²) < 4.78 is 18.5. The number of ether oxygens (including phenoxy) is 1. The van der Waals surface area contributed by atoms with Gasteiger partial charge in [0.25, 0.3) is 0 Å². The number of rotatable bonds is 5. The molecule has 3 rings (SSSR count). The molecule has 1 aromatic carbocycles. The highest BCUT2D eigenvalue weighted by molar-refractivity contribution is 7.99. The summed E-state index contributed by atoms with van der Waals surface area (Å²) >= 11 is 1.77. The minimum absolute atomic E-state index is 0.125. The van der Waals surface area contributed by atoms with Crippen molar-refractivity contribution in [2.45, 2.75) is 31.7 Å². The Morgan fingerprint density at radius 1 is 1.36 bits per heavy atom. The zero-order valence-electron chi connectivity index (χ0n) is 14.1. The first kappa shape index (κ1) is 17.8. The first-order valence-corrected chi connectivity index (χ1v) is 9.51. The van der Waals surface area contributed by atoms with E-state index in [1.807, 2.05) is 0 Å². The standard InChI is InChI=1S/C18H21FN2O3S/c1-2-24-17(23)18(5-7-25-8-6-18)21-16(22)9-12-11-20-15-10-13(19)3-4-14(12)15/h3-4,10-11,20H,2,5-9H2,1H3,(H,21,22). The van der Waals surface area contributed by atoms with Crippen LogP contribution in [0, 0.1) is 5.82 Å². The van der Waals surface area contributed by atoms with Crippen molar-refractivity contribution < 1.29 is 18.7 Å². The summed E-state index contributed by atoms with van der Waals surface area (Å²) in [7, 11) is 0. The number of benzene rings is 1. The lowest BCUT2D eigenvalue weighted by atomic mass is 9.91. The lowest BCUT2D eigenvalue weighted by Gasteiger charge is -2.35. The van der Waals surface area contributed by atoms with E-state index in [4.69, 9.17) is 4.74 Å². The molecule has 2 N–H and O–H groups in total. The molecule has 2 heterocycles. The van der Waals surface area contributed by atoms with Crippen molar-refractivity contribution in [3.05, 3.63) is 35.8 Å². The number of aromatic nitrogens is 1. The highest BCUT2D eigenvalue weighted by Crippen LogP contribution is 2.29. The fourth-order valence-corrected chi connectivity index (χ4v) is 4.35. The summed E-state index contributed by atoms with van der Waals surface area (Å²) in [5, 5.41) is 3.72. The van der Waals surface area contributed by atoms with Crippen LogP contribution in [0.25, 0.3) is 10.9 Å². The molecule has 1 aliphatic rings. The molecule has 134 valence electrons. The first-order chi connectivity index (χ1) is 12.0. The SMILES string of the molecule is CCOC(=O)C1(NC(=O)Cc2c[nH]c3cc(F)ccc23)CCSCC1. The summed E-state index contributed by atoms with van der Waals surface area (Å²) in [6.45, 7) is 2.05. The summed E-state index contributed by atoms with van der Waals surface area (Å²) in [5.74, 6) is 0.706. The van der Waals surface area contributed by atoms with Crippen LogP contribution in [0.1, 0.15) is 25.3 Å². The molecule has 0 radical (unpaired) electrons. The number of hydrogen-bond donors (Lipinski definition) is 2. The van der Waals surface area contributed by atoms with Crippen molar-refractivity contribution in [1.82, 2.24) is 10.3 Å². The first-order valence-electron chi connectivity index (χ1n) is 8.35. The number of nitrogens with one attached hydrogen (secondary N) is 2. The van der Waals surface area contributed by atoms with E-state index in [0.717, 1.165) is 22.5 Å². The monoisotopic (exact) mass is 364 g/mol. The van der Waals surface area contributed by atoms with Crippen LogP contribution in [0.4, 0.5) is 4.39 Å². The van der Waals surface area contributed by atoms with Gasteiger partial charge in [0.15, 0.2) is 0 Å². The van der Waals surface area contributed by atoms with Crippen LogP contribution in [0.3, 0.4) is 0 Å². The Kier molecular flexibility index (Phi) is 5.32. The molecule has 0 unspecified atom stereocenters. The van der Waals surface area contributed by atoms with E-state index < -0.39 is 5.54 Å². The second-order valence-electron chi connectivity index (χ2n) is 6.14. The molecule has 1 fully saturated rings. The minimum Gasteiger partial charge on any atom is -0.464 e. The van der Waals surface area contributed by atoms with Gasteiger partial charge in [0, 0.05) is 17.1 Å². The van der Waals surface area contributed by atoms with E-state index in [0.29, 0.717) is 18.4 Å². The number of fused-ring (bicyclic) bond motifs is 1. The Balaban J connectivity index is 1.76. The average Bonchev–Trinajstić information content (AvgIpc) is 2.97. The van der Waals surface area contributed by atoms with E-state index in [-0.39, 0.29) is 30.7 Å². The van der Waals surface area contributed by atoms with Gasteiger partial charge in [0.2, 0.25) is 5.91 Å². The zero-order chi connectivity index (χ0) is 17.9. The number of halogens is 1. The fraction of sp³-hybridized carbons (Fsp3) is 0.444. The average molecular weight is 364 g/mol. The molecule has 0 atom stereocenters. The van der Waals surface area contributed by atoms with Crippen LogP contribution >= 0.6 is 11.8 Å². The van der Waals surface area contributed by atoms with E-state index in [9.17, 15) is 14.0 Å². The highest BCUT2D eigenvalue weighted by atomic mass is 32.2. The number of thioether (sulfide) groups is 1. The number of H-pyrrole nitrogens is 1. The maximum atomic E-state index is 13.3. The quantitative estimate of drug-likeness (QED) is 0.801. The molecule has 0 aliphatic carbocycles. The second-order valence-corrected chi connectivity index (χ2v) is 7.37. The van der Waals surface area contributed by atoms with Gasteiger partial charge in [-0.2, -0.15) is 11.8 Å². The molecule has 1 aliphatic heterocycles. The van der Waals surface area contributed by atoms with Crippen LogP contribution in [-0.4, -0.2) is 40.5 Å². The van der Waals surface area contributed by atoms with E-state index >= 15 is 0 Å². The van der Waals surface area contributed by atoms with Crippen molar-refractivity contribution in [1.29, 1.82) is 0 Å². The topological polar surface area (TPSA) is 71.2 Å². The molecule has 1 saturated heterocycles. The second kappa shape index (κ2) is 7.47. The normalized spacial score (nSPS) is 16.6. The number of esters is 1. The number of aromatic amines is 1. The van der Waals surface area contributed by atoms with Gasteiger partial charge in [-0.1, -0.05) is 0 Å². The highest BCUT2D eigenvalue weighted by Gasteiger charge is 2.42. The Bertz CT molecular complexity index is 784. The maximum Gasteiger partial charge on any atom is 0.331 e. The van der Waals surface area contributed by atoms with E-state index in [1.54, 1.807) is 30.9 Å². The predicted molar refractivity (Wildman–Crippen MR) is 96.0 cm³/mol. The Labute approximate surface area is 149 Å². The molecular weight excluding hydrogens is 343 g/mol. The number of carbonyl (C=O) groups excluding carboxylic acids is 2. The van der Waals surface area contributed by atoms with Gasteiger partial charge < -0.3 is 15.0 Å². The van der Waals surface area contributed by atoms with Gasteiger partial charge in [0.1, 0.15) is 11.4 Å². The van der Waals surface area contributed by atoms with Crippen molar-refractivity contribution in [3.63, 3.8) is 0 Å². The third kappa shape index (κ3) is 3.81. The Morgan fingerprint density at radius 2 is 2.12 bits per heavy atom. The molecule has 7 heteroatoms. The summed E-state index contributed by atoms with van der Waals surface area (Å²) in [6.07, 6.45) is 2.97. The molecule has 25 heavy (non-hydrogen) atoms. The smallest absolute Gasteiger partial charge is 0.331 e. The molecule has 0 bridgehead atoms. The maximum absolute atomic E-state index is 13.3. The lowest BCUT2D eigenvalue weighted by Crippen LogP contribution is -2.57. The van der Waals surface area contributed by atoms with Crippen LogP contribution < -0.4 is 5.32 Å². The van der Waals surface area contributed by atoms with Crippen LogP contribution in [0.15, 0.2) is 24.4 Å². The lowest BCUT2D eigenvalue weighted by molar-refractivity contribution is -0.153. The third-order valence-corrected chi connectivity index (χ3v) is 5.46. The number of carbonyl (C=O) groups is 2. The molecule has 0 spiro atoms. The molecule has 0 saturated carbocycles. The van der Waals surface area contributed by atoms with Crippen LogP contribution in [0.2, 0.25) is 0 Å². The van der Waals surface area contributed by atoms with Crippen LogP contribution in [-0.2, 0) is 20.7 Å². The molecular formula is C18H21FN2O3S. The van der Waals surface area contributed by atoms with Gasteiger partial charge in [-0.3, -0.25) is 4.79 Å². The van der Waals surface area contributed by atoms with Crippen LogP contribution in [0.5, 0.6) is 0 Å². The largest absolute Gasteiger partial charge is 0.464 e. The third-order valence-electron chi connectivity index (χ3n) is 4.47. The summed E-state index contributed by atoms with van der Waals surface area (Å²) in [5.41, 5.74) is 0.491. The van der Waals surface area contributed by atoms with Gasteiger partial charge >= 0.3 is 5.97 Å². The Hall–Kier alpha value is -2.02. The summed E-state index contributed by atoms with van der Waals surface area (Å²) in [4.78, 5) is 28.0. The molecule has 1 aromatic heterocycles. The van der Waals surface area contributed by atoms with E-state index in [1.165, 1.54) is 12.1 Å². The van der Waals surface area contributed by atoms with Crippen molar-refractivity contribution >= 4 is 34.5 Å². The molecule has 2 aromatic rings. The van der Waals surface area contributed by atoms with E-state index in [2.05, 4.69) is 10.3 Å². The number of hydrogen-bond acceptors (Lipinski definition) is 4. The van der Waals surface area contributed by atoms with Gasteiger partial charge in [-0.15, -0.1) is 0 Å². The van der Waals surface area contributed by atoms with Gasteiger partial charge in [-0.25, -0.2) is 9.18 Å². The minimum atomic E-state index is -0.934. The van der Waals surface area contributed by atoms with Crippen molar-refractivity contribution in [2.75, 3.05) is 18.1 Å². The molecule has 1 amide bonds. The predicted octanol–water partition coefficient (Wildman–Crippen LogP) is 2.79. The zero-order valence-corrected chi connectivity index (χ0v) is 14.9. The van der Waals surface area contributed by atoms with Gasteiger partial charge in [-0.05, 0) is 55.0 Å². The van der Waals surface area contributed by atoms with Crippen molar-refractivity contribution in [3.8, 4) is 0 Å². The van der Waals surface area contributed by atoms with Gasteiger partial charge in [0.05, 0.1) is 13.0 Å². The van der Waals surface area contributed by atoms with Crippen molar-refractivity contribution in [2.24, 2.45) is 0 Å². The Morgan fingerprint density at radius 3 is 2.84 bits per heavy atom. The fourth-order valence-electron chi connectivity index (χ4n) is 3.16. The number of amides is 1.